The predicted molar refractivity (Wildman–Crippen MR) is 90.0 cm³/mol. The summed E-state index contributed by atoms with van der Waals surface area (Å²) in [4.78, 5) is 31.6. The second kappa shape index (κ2) is 7.65. The van der Waals surface area contributed by atoms with Crippen LogP contribution < -0.4 is 0 Å². The van der Waals surface area contributed by atoms with Crippen LogP contribution in [0.25, 0.3) is 0 Å². The minimum Gasteiger partial charge on any atom is -0.342 e. The van der Waals surface area contributed by atoms with Gasteiger partial charge in [-0.1, -0.05) is 19.3 Å². The fraction of sp³-hybridized carbons (Fsp3) is 0.889. The molecule has 0 unspecified atom stereocenters. The summed E-state index contributed by atoms with van der Waals surface area (Å²) in [7, 11) is 2.11. The van der Waals surface area contributed by atoms with Gasteiger partial charge in [0.25, 0.3) is 0 Å². The van der Waals surface area contributed by atoms with Crippen molar-refractivity contribution in [3.8, 4) is 0 Å². The lowest BCUT2D eigenvalue weighted by Gasteiger charge is -2.38. The predicted octanol–water partition coefficient (Wildman–Crippen LogP) is 1.58. The average molecular weight is 321 g/mol. The highest BCUT2D eigenvalue weighted by atomic mass is 16.2. The molecular formula is C18H31N3O2. The lowest BCUT2D eigenvalue weighted by Crippen LogP contribution is -2.51. The molecule has 2 heterocycles. The zero-order valence-electron chi connectivity index (χ0n) is 14.5. The average Bonchev–Trinajstić information content (AvgIpc) is 2.62. The van der Waals surface area contributed by atoms with Crippen molar-refractivity contribution in [2.45, 2.75) is 44.9 Å². The van der Waals surface area contributed by atoms with Gasteiger partial charge in [0.1, 0.15) is 0 Å². The monoisotopic (exact) mass is 321 g/mol. The van der Waals surface area contributed by atoms with Crippen LogP contribution in [-0.2, 0) is 9.59 Å². The van der Waals surface area contributed by atoms with Gasteiger partial charge in [0, 0.05) is 51.1 Å². The van der Waals surface area contributed by atoms with Crippen molar-refractivity contribution in [1.29, 1.82) is 0 Å². The smallest absolute Gasteiger partial charge is 0.225 e. The third kappa shape index (κ3) is 4.06. The highest BCUT2D eigenvalue weighted by Crippen LogP contribution is 2.28. The van der Waals surface area contributed by atoms with Crippen LogP contribution in [0.5, 0.6) is 0 Å². The number of piperidine rings is 1. The van der Waals surface area contributed by atoms with Gasteiger partial charge in [-0.15, -0.1) is 0 Å². The summed E-state index contributed by atoms with van der Waals surface area (Å²) in [6.07, 6.45) is 7.53. The molecule has 0 atom stereocenters. The van der Waals surface area contributed by atoms with E-state index < -0.39 is 0 Å². The Hall–Kier alpha value is -1.10. The van der Waals surface area contributed by atoms with Gasteiger partial charge >= 0.3 is 0 Å². The molecule has 0 aromatic carbocycles. The molecule has 0 spiro atoms. The van der Waals surface area contributed by atoms with Crippen LogP contribution in [-0.4, -0.2) is 72.8 Å². The Labute approximate surface area is 140 Å². The molecule has 0 radical (unpaired) electrons. The lowest BCUT2D eigenvalue weighted by molar-refractivity contribution is -0.144. The number of amides is 2. The van der Waals surface area contributed by atoms with Gasteiger partial charge in [0.15, 0.2) is 0 Å². The Morgan fingerprint density at radius 3 is 1.70 bits per heavy atom. The van der Waals surface area contributed by atoms with Gasteiger partial charge in [-0.3, -0.25) is 9.59 Å². The molecule has 5 nitrogen and oxygen atoms in total. The van der Waals surface area contributed by atoms with Crippen molar-refractivity contribution >= 4 is 11.8 Å². The first-order valence-corrected chi connectivity index (χ1v) is 9.41. The summed E-state index contributed by atoms with van der Waals surface area (Å²) in [6.45, 7) is 5.22. The van der Waals surface area contributed by atoms with Gasteiger partial charge in [0.05, 0.1) is 0 Å². The number of likely N-dealkylation sites (N-methyl/N-ethyl adjacent to an activating group) is 1. The molecule has 5 heteroatoms. The number of carbonyl (C=O) groups excluding carboxylic acids is 2. The molecule has 0 aromatic heterocycles. The molecular weight excluding hydrogens is 290 g/mol. The topological polar surface area (TPSA) is 43.9 Å². The molecule has 1 saturated carbocycles. The van der Waals surface area contributed by atoms with E-state index in [4.69, 9.17) is 0 Å². The van der Waals surface area contributed by atoms with E-state index >= 15 is 0 Å². The van der Waals surface area contributed by atoms with Gasteiger partial charge in [0.2, 0.25) is 11.8 Å². The number of hydrogen-bond donors (Lipinski definition) is 0. The number of piperazine rings is 1. The maximum absolute atomic E-state index is 12.6. The zero-order chi connectivity index (χ0) is 16.2. The standard InChI is InChI=1S/C18H31N3O2/c1-19-11-13-21(14-12-19)18(23)16-7-9-20(10-8-16)17(22)15-5-3-2-4-6-15/h15-16H,2-14H2,1H3. The Balaban J connectivity index is 1.46. The molecule has 3 aliphatic rings. The van der Waals surface area contributed by atoms with Gasteiger partial charge in [-0.2, -0.15) is 0 Å². The minimum absolute atomic E-state index is 0.133. The van der Waals surface area contributed by atoms with Gasteiger partial charge < -0.3 is 14.7 Å². The minimum atomic E-state index is 0.133. The Morgan fingerprint density at radius 1 is 0.652 bits per heavy atom. The number of hydrogen-bond acceptors (Lipinski definition) is 3. The maximum atomic E-state index is 12.6. The van der Waals surface area contributed by atoms with E-state index in [0.29, 0.717) is 11.8 Å². The molecule has 3 rings (SSSR count). The van der Waals surface area contributed by atoms with Crippen molar-refractivity contribution < 1.29 is 9.59 Å². The van der Waals surface area contributed by atoms with Crippen molar-refractivity contribution in [3.63, 3.8) is 0 Å². The third-order valence-electron chi connectivity index (χ3n) is 5.93. The van der Waals surface area contributed by atoms with Crippen molar-refractivity contribution in [3.05, 3.63) is 0 Å². The summed E-state index contributed by atoms with van der Waals surface area (Å²) >= 11 is 0. The SMILES string of the molecule is CN1CCN(C(=O)C2CCN(C(=O)C3CCCCC3)CC2)CC1. The fourth-order valence-corrected chi connectivity index (χ4v) is 4.24. The molecule has 1 aliphatic carbocycles. The normalized spacial score (nSPS) is 25.6. The molecule has 0 N–H and O–H groups in total. The number of carbonyl (C=O) groups is 2. The Bertz CT molecular complexity index is 418. The van der Waals surface area contributed by atoms with Crippen LogP contribution in [0.3, 0.4) is 0 Å². The van der Waals surface area contributed by atoms with Crippen LogP contribution in [0.1, 0.15) is 44.9 Å². The van der Waals surface area contributed by atoms with E-state index in [-0.39, 0.29) is 11.8 Å². The van der Waals surface area contributed by atoms with E-state index in [1.807, 2.05) is 9.80 Å². The molecule has 2 aliphatic heterocycles. The van der Waals surface area contributed by atoms with Crippen LogP contribution in [0.4, 0.5) is 0 Å². The highest BCUT2D eigenvalue weighted by Gasteiger charge is 2.33. The Kier molecular flexibility index (Phi) is 5.57. The van der Waals surface area contributed by atoms with E-state index in [1.165, 1.54) is 19.3 Å². The summed E-state index contributed by atoms with van der Waals surface area (Å²) < 4.78 is 0. The molecule has 23 heavy (non-hydrogen) atoms. The number of nitrogens with zero attached hydrogens (tertiary/aromatic N) is 3. The number of likely N-dealkylation sites (tertiary alicyclic amines) is 1. The van der Waals surface area contributed by atoms with Gasteiger partial charge in [-0.25, -0.2) is 0 Å². The fourth-order valence-electron chi connectivity index (χ4n) is 4.24. The van der Waals surface area contributed by atoms with E-state index in [0.717, 1.165) is 65.0 Å². The van der Waals surface area contributed by atoms with E-state index in [9.17, 15) is 9.59 Å². The maximum Gasteiger partial charge on any atom is 0.225 e. The molecule has 130 valence electrons. The molecule has 2 saturated heterocycles. The van der Waals surface area contributed by atoms with Gasteiger partial charge in [-0.05, 0) is 32.7 Å². The van der Waals surface area contributed by atoms with E-state index in [1.54, 1.807) is 0 Å². The van der Waals surface area contributed by atoms with Crippen molar-refractivity contribution in [2.24, 2.45) is 11.8 Å². The van der Waals surface area contributed by atoms with Crippen molar-refractivity contribution in [2.75, 3.05) is 46.3 Å². The molecule has 0 bridgehead atoms. The third-order valence-corrected chi connectivity index (χ3v) is 5.93. The first-order chi connectivity index (χ1) is 11.1. The van der Waals surface area contributed by atoms with E-state index in [2.05, 4.69) is 11.9 Å². The highest BCUT2D eigenvalue weighted by molar-refractivity contribution is 5.81. The summed E-state index contributed by atoms with van der Waals surface area (Å²) in [5.74, 6) is 1.07. The molecule has 2 amide bonds. The summed E-state index contributed by atoms with van der Waals surface area (Å²) in [5.41, 5.74) is 0. The molecule has 0 aromatic rings. The second-order valence-corrected chi connectivity index (χ2v) is 7.56. The number of rotatable bonds is 2. The second-order valence-electron chi connectivity index (χ2n) is 7.56. The quantitative estimate of drug-likeness (QED) is 0.775. The van der Waals surface area contributed by atoms with Crippen LogP contribution in [0, 0.1) is 11.8 Å². The Morgan fingerprint density at radius 2 is 1.13 bits per heavy atom. The summed E-state index contributed by atoms with van der Waals surface area (Å²) in [5, 5.41) is 0. The van der Waals surface area contributed by atoms with Crippen LogP contribution in [0.15, 0.2) is 0 Å². The van der Waals surface area contributed by atoms with Crippen LogP contribution in [0.2, 0.25) is 0 Å². The summed E-state index contributed by atoms with van der Waals surface area (Å²) in [6, 6.07) is 0. The van der Waals surface area contributed by atoms with Crippen molar-refractivity contribution in [1.82, 2.24) is 14.7 Å². The molecule has 3 fully saturated rings. The first kappa shape index (κ1) is 16.7. The van der Waals surface area contributed by atoms with Crippen LogP contribution >= 0.6 is 0 Å². The largest absolute Gasteiger partial charge is 0.342 e. The lowest BCUT2D eigenvalue weighted by atomic mass is 9.87. The zero-order valence-corrected chi connectivity index (χ0v) is 14.5. The first-order valence-electron chi connectivity index (χ1n) is 9.41.